The molecule has 0 saturated heterocycles. The molecule has 2 unspecified atom stereocenters. The maximum absolute atomic E-state index is 9.94. The Morgan fingerprint density at radius 2 is 2.14 bits per heavy atom. The first kappa shape index (κ1) is 10.6. The summed E-state index contributed by atoms with van der Waals surface area (Å²) in [6, 6.07) is 2.12. The molecule has 0 aromatic carbocycles. The molecule has 0 aliphatic rings. The zero-order valence-electron chi connectivity index (χ0n) is 8.31. The lowest BCUT2D eigenvalue weighted by Gasteiger charge is -2.25. The van der Waals surface area contributed by atoms with Crippen LogP contribution in [0.15, 0.2) is 18.7 Å². The van der Waals surface area contributed by atoms with Crippen LogP contribution in [0.2, 0.25) is 0 Å². The predicted octanol–water partition coefficient (Wildman–Crippen LogP) is 1.45. The van der Waals surface area contributed by atoms with E-state index in [1.807, 2.05) is 6.92 Å². The quantitative estimate of drug-likeness (QED) is 0.785. The van der Waals surface area contributed by atoms with Crippen LogP contribution in [0.3, 0.4) is 0 Å². The van der Waals surface area contributed by atoms with E-state index >= 15 is 0 Å². The topological polar surface area (TPSA) is 69.8 Å². The standard InChI is InChI=1S/C10H13N3O/c1-3-10(2,6-11)9(14)8-4-12-7-13-5-8/h4-5,7,9,14H,3H2,1-2H3. The molecular formula is C10H13N3O. The van der Waals surface area contributed by atoms with Crippen molar-refractivity contribution in [3.8, 4) is 6.07 Å². The van der Waals surface area contributed by atoms with Gasteiger partial charge in [0.05, 0.1) is 11.5 Å². The molecular weight excluding hydrogens is 178 g/mol. The number of hydrogen-bond donors (Lipinski definition) is 1. The van der Waals surface area contributed by atoms with Crippen molar-refractivity contribution in [2.45, 2.75) is 26.4 Å². The molecule has 0 aliphatic carbocycles. The van der Waals surface area contributed by atoms with Gasteiger partial charge >= 0.3 is 0 Å². The molecule has 0 fully saturated rings. The average Bonchev–Trinajstić information content (AvgIpc) is 2.28. The van der Waals surface area contributed by atoms with Crippen LogP contribution in [0.25, 0.3) is 0 Å². The van der Waals surface area contributed by atoms with Gasteiger partial charge in [-0.15, -0.1) is 0 Å². The molecule has 1 aromatic rings. The third-order valence-corrected chi connectivity index (χ3v) is 2.49. The number of hydrogen-bond acceptors (Lipinski definition) is 4. The van der Waals surface area contributed by atoms with Crippen LogP contribution in [0.4, 0.5) is 0 Å². The largest absolute Gasteiger partial charge is 0.387 e. The summed E-state index contributed by atoms with van der Waals surface area (Å²) in [6.45, 7) is 3.60. The van der Waals surface area contributed by atoms with E-state index in [0.29, 0.717) is 12.0 Å². The number of aliphatic hydroxyl groups is 1. The fourth-order valence-electron chi connectivity index (χ4n) is 1.15. The maximum atomic E-state index is 9.94. The van der Waals surface area contributed by atoms with E-state index in [4.69, 9.17) is 5.26 Å². The van der Waals surface area contributed by atoms with Gasteiger partial charge in [0.25, 0.3) is 0 Å². The zero-order valence-corrected chi connectivity index (χ0v) is 8.31. The summed E-state index contributed by atoms with van der Waals surface area (Å²) < 4.78 is 0. The van der Waals surface area contributed by atoms with Gasteiger partial charge in [-0.25, -0.2) is 9.97 Å². The second kappa shape index (κ2) is 4.16. The van der Waals surface area contributed by atoms with E-state index in [0.717, 1.165) is 0 Å². The lowest BCUT2D eigenvalue weighted by Crippen LogP contribution is -2.23. The Bertz CT molecular complexity index is 333. The molecule has 0 saturated carbocycles. The molecule has 1 N–H and O–H groups in total. The van der Waals surface area contributed by atoms with Crippen LogP contribution in [-0.2, 0) is 0 Å². The number of nitriles is 1. The van der Waals surface area contributed by atoms with E-state index in [1.54, 1.807) is 6.92 Å². The van der Waals surface area contributed by atoms with Crippen molar-refractivity contribution in [3.05, 3.63) is 24.3 Å². The number of aromatic nitrogens is 2. The summed E-state index contributed by atoms with van der Waals surface area (Å²) in [5.41, 5.74) is -0.191. The third kappa shape index (κ3) is 1.88. The average molecular weight is 191 g/mol. The molecule has 74 valence electrons. The Morgan fingerprint density at radius 3 is 2.57 bits per heavy atom. The Morgan fingerprint density at radius 1 is 1.57 bits per heavy atom. The molecule has 1 aromatic heterocycles. The van der Waals surface area contributed by atoms with Gasteiger partial charge in [0.2, 0.25) is 0 Å². The minimum Gasteiger partial charge on any atom is -0.387 e. The van der Waals surface area contributed by atoms with Gasteiger partial charge < -0.3 is 5.11 Å². The summed E-state index contributed by atoms with van der Waals surface area (Å²) in [6.07, 6.45) is 4.20. The van der Waals surface area contributed by atoms with Gasteiger partial charge in [0, 0.05) is 18.0 Å². The van der Waals surface area contributed by atoms with Gasteiger partial charge in [-0.1, -0.05) is 6.92 Å². The van der Waals surface area contributed by atoms with Crippen LogP contribution < -0.4 is 0 Å². The monoisotopic (exact) mass is 191 g/mol. The highest BCUT2D eigenvalue weighted by molar-refractivity contribution is 5.15. The van der Waals surface area contributed by atoms with Gasteiger partial charge in [-0.2, -0.15) is 5.26 Å². The van der Waals surface area contributed by atoms with Crippen molar-refractivity contribution >= 4 is 0 Å². The minimum atomic E-state index is -0.835. The smallest absolute Gasteiger partial charge is 0.115 e. The van der Waals surface area contributed by atoms with Gasteiger partial charge in [-0.3, -0.25) is 0 Å². The highest BCUT2D eigenvalue weighted by Crippen LogP contribution is 2.35. The van der Waals surface area contributed by atoms with Gasteiger partial charge in [-0.05, 0) is 13.3 Å². The Balaban J connectivity index is 2.96. The van der Waals surface area contributed by atoms with Crippen molar-refractivity contribution in [1.82, 2.24) is 9.97 Å². The van der Waals surface area contributed by atoms with Crippen molar-refractivity contribution in [2.24, 2.45) is 5.41 Å². The minimum absolute atomic E-state index is 0.582. The summed E-state index contributed by atoms with van der Waals surface area (Å²) in [7, 11) is 0. The fraction of sp³-hybridized carbons (Fsp3) is 0.500. The van der Waals surface area contributed by atoms with Crippen LogP contribution in [0.1, 0.15) is 31.9 Å². The highest BCUT2D eigenvalue weighted by Gasteiger charge is 2.32. The molecule has 4 heteroatoms. The molecule has 0 radical (unpaired) electrons. The first-order chi connectivity index (χ1) is 6.64. The first-order valence-corrected chi connectivity index (χ1v) is 4.48. The first-order valence-electron chi connectivity index (χ1n) is 4.48. The van der Waals surface area contributed by atoms with Crippen LogP contribution >= 0.6 is 0 Å². The normalized spacial score (nSPS) is 16.7. The van der Waals surface area contributed by atoms with Crippen LogP contribution in [-0.4, -0.2) is 15.1 Å². The predicted molar refractivity (Wildman–Crippen MR) is 51.0 cm³/mol. The Kier molecular flexibility index (Phi) is 3.15. The highest BCUT2D eigenvalue weighted by atomic mass is 16.3. The SMILES string of the molecule is CCC(C)(C#N)C(O)c1cncnc1. The van der Waals surface area contributed by atoms with E-state index in [9.17, 15) is 5.11 Å². The third-order valence-electron chi connectivity index (χ3n) is 2.49. The fourth-order valence-corrected chi connectivity index (χ4v) is 1.15. The molecule has 14 heavy (non-hydrogen) atoms. The summed E-state index contributed by atoms with van der Waals surface area (Å²) in [5, 5.41) is 18.9. The van der Waals surface area contributed by atoms with Crippen LogP contribution in [0.5, 0.6) is 0 Å². The van der Waals surface area contributed by atoms with E-state index in [2.05, 4.69) is 16.0 Å². The summed E-state index contributed by atoms with van der Waals surface area (Å²) in [4.78, 5) is 7.61. The number of aliphatic hydroxyl groups excluding tert-OH is 1. The molecule has 0 aliphatic heterocycles. The summed E-state index contributed by atoms with van der Waals surface area (Å²) in [5.74, 6) is 0. The number of rotatable bonds is 3. The van der Waals surface area contributed by atoms with Crippen molar-refractivity contribution in [3.63, 3.8) is 0 Å². The lowest BCUT2D eigenvalue weighted by molar-refractivity contribution is 0.0716. The van der Waals surface area contributed by atoms with Crippen LogP contribution in [0, 0.1) is 16.7 Å². The second-order valence-corrected chi connectivity index (χ2v) is 3.46. The van der Waals surface area contributed by atoms with Crippen molar-refractivity contribution < 1.29 is 5.11 Å². The Hall–Kier alpha value is -1.47. The zero-order chi connectivity index (χ0) is 10.6. The molecule has 0 bridgehead atoms. The molecule has 1 heterocycles. The van der Waals surface area contributed by atoms with Gasteiger partial charge in [0.15, 0.2) is 0 Å². The molecule has 0 amide bonds. The lowest BCUT2D eigenvalue weighted by atomic mass is 9.81. The molecule has 2 atom stereocenters. The maximum Gasteiger partial charge on any atom is 0.115 e. The summed E-state index contributed by atoms with van der Waals surface area (Å²) >= 11 is 0. The van der Waals surface area contributed by atoms with E-state index < -0.39 is 11.5 Å². The van der Waals surface area contributed by atoms with E-state index in [1.165, 1.54) is 18.7 Å². The second-order valence-electron chi connectivity index (χ2n) is 3.46. The molecule has 4 nitrogen and oxygen atoms in total. The van der Waals surface area contributed by atoms with Gasteiger partial charge in [0.1, 0.15) is 12.4 Å². The van der Waals surface area contributed by atoms with Crippen molar-refractivity contribution in [1.29, 1.82) is 5.26 Å². The molecule has 1 rings (SSSR count). The van der Waals surface area contributed by atoms with E-state index in [-0.39, 0.29) is 0 Å². The Labute approximate surface area is 83.2 Å². The van der Waals surface area contributed by atoms with Crippen molar-refractivity contribution in [2.75, 3.05) is 0 Å². The number of nitrogens with zero attached hydrogens (tertiary/aromatic N) is 3. The molecule has 0 spiro atoms.